The molecule has 1 N–H and O–H groups in total. The number of hydrogen-bond donors (Lipinski definition) is 1. The number of rotatable bonds is 1. The van der Waals surface area contributed by atoms with Gasteiger partial charge in [0.25, 0.3) is 0 Å². The highest BCUT2D eigenvalue weighted by atomic mass is 16.2. The maximum Gasteiger partial charge on any atom is 0.240 e. The van der Waals surface area contributed by atoms with Crippen LogP contribution in [0.2, 0.25) is 0 Å². The minimum absolute atomic E-state index is 0.0832. The molecule has 2 heterocycles. The minimum Gasteiger partial charge on any atom is -0.337 e. The van der Waals surface area contributed by atoms with Crippen LogP contribution in [0.4, 0.5) is 0 Å². The molecule has 2 aromatic carbocycles. The number of nitrogens with zero attached hydrogens (tertiary/aromatic N) is 1. The van der Waals surface area contributed by atoms with Crippen molar-refractivity contribution in [2.75, 3.05) is 6.54 Å². The first kappa shape index (κ1) is 13.5. The standard InChI is InChI=1S/C19H20N2O/c22-19(18-11-15-6-2-3-7-16(15)12-20-18)21-10-9-14-5-1-4-8-17(14)13-21/h1-8,18,20H,9-13H2. The Labute approximate surface area is 131 Å². The Morgan fingerprint density at radius 1 is 0.955 bits per heavy atom. The van der Waals surface area contributed by atoms with E-state index in [9.17, 15) is 4.79 Å². The van der Waals surface area contributed by atoms with Crippen molar-refractivity contribution < 1.29 is 4.79 Å². The number of hydrogen-bond acceptors (Lipinski definition) is 2. The van der Waals surface area contributed by atoms with Crippen molar-refractivity contribution in [1.29, 1.82) is 0 Å². The van der Waals surface area contributed by atoms with Gasteiger partial charge in [-0.3, -0.25) is 4.79 Å². The number of nitrogens with one attached hydrogen (secondary N) is 1. The number of amides is 1. The van der Waals surface area contributed by atoms with E-state index in [2.05, 4.69) is 53.8 Å². The van der Waals surface area contributed by atoms with E-state index in [1.807, 2.05) is 4.90 Å². The van der Waals surface area contributed by atoms with Gasteiger partial charge in [-0.2, -0.15) is 0 Å². The monoisotopic (exact) mass is 292 g/mol. The van der Waals surface area contributed by atoms with Crippen LogP contribution in [-0.2, 0) is 30.7 Å². The van der Waals surface area contributed by atoms with Gasteiger partial charge in [-0.15, -0.1) is 0 Å². The van der Waals surface area contributed by atoms with Gasteiger partial charge in [0.05, 0.1) is 6.04 Å². The lowest BCUT2D eigenvalue weighted by Gasteiger charge is -2.34. The summed E-state index contributed by atoms with van der Waals surface area (Å²) in [6.07, 6.45) is 1.76. The average molecular weight is 292 g/mol. The molecule has 1 atom stereocenters. The summed E-state index contributed by atoms with van der Waals surface area (Å²) in [6, 6.07) is 16.8. The Balaban J connectivity index is 1.50. The molecule has 22 heavy (non-hydrogen) atoms. The lowest BCUT2D eigenvalue weighted by atomic mass is 9.94. The van der Waals surface area contributed by atoms with E-state index in [1.54, 1.807) is 0 Å². The molecule has 0 radical (unpaired) electrons. The molecular formula is C19H20N2O. The molecular weight excluding hydrogens is 272 g/mol. The van der Waals surface area contributed by atoms with Gasteiger partial charge >= 0.3 is 0 Å². The fourth-order valence-corrected chi connectivity index (χ4v) is 3.53. The third-order valence-corrected chi connectivity index (χ3v) is 4.82. The molecule has 3 heteroatoms. The van der Waals surface area contributed by atoms with Crippen LogP contribution in [0.1, 0.15) is 22.3 Å². The number of carbonyl (C=O) groups is 1. The highest BCUT2D eigenvalue weighted by molar-refractivity contribution is 5.83. The Kier molecular flexibility index (Phi) is 3.43. The molecule has 112 valence electrons. The molecule has 0 fully saturated rings. The van der Waals surface area contributed by atoms with Gasteiger partial charge in [0.2, 0.25) is 5.91 Å². The van der Waals surface area contributed by atoms with E-state index in [0.29, 0.717) is 0 Å². The van der Waals surface area contributed by atoms with E-state index in [0.717, 1.165) is 32.5 Å². The normalized spacial score (nSPS) is 20.2. The smallest absolute Gasteiger partial charge is 0.240 e. The van der Waals surface area contributed by atoms with Crippen molar-refractivity contribution in [1.82, 2.24) is 10.2 Å². The molecule has 0 aliphatic carbocycles. The van der Waals surface area contributed by atoms with Gasteiger partial charge in [-0.05, 0) is 35.1 Å². The van der Waals surface area contributed by atoms with E-state index >= 15 is 0 Å². The first-order valence-electron chi connectivity index (χ1n) is 7.97. The minimum atomic E-state index is -0.0832. The summed E-state index contributed by atoms with van der Waals surface area (Å²) >= 11 is 0. The molecule has 0 saturated heterocycles. The molecule has 2 aromatic rings. The van der Waals surface area contributed by atoms with Crippen LogP contribution in [0.25, 0.3) is 0 Å². The van der Waals surface area contributed by atoms with Gasteiger partial charge < -0.3 is 10.2 Å². The second kappa shape index (κ2) is 5.58. The predicted octanol–water partition coefficient (Wildman–Crippen LogP) is 2.29. The van der Waals surface area contributed by atoms with Gasteiger partial charge in [0.1, 0.15) is 0 Å². The third-order valence-electron chi connectivity index (χ3n) is 4.82. The van der Waals surface area contributed by atoms with E-state index in [4.69, 9.17) is 0 Å². The Hall–Kier alpha value is -2.13. The average Bonchev–Trinajstić information content (AvgIpc) is 2.60. The third kappa shape index (κ3) is 2.42. The van der Waals surface area contributed by atoms with Crippen molar-refractivity contribution in [2.24, 2.45) is 0 Å². The largest absolute Gasteiger partial charge is 0.337 e. The van der Waals surface area contributed by atoms with Gasteiger partial charge in [0.15, 0.2) is 0 Å². The van der Waals surface area contributed by atoms with Crippen LogP contribution in [0.3, 0.4) is 0 Å². The number of fused-ring (bicyclic) bond motifs is 2. The van der Waals surface area contributed by atoms with Crippen LogP contribution in [-0.4, -0.2) is 23.4 Å². The summed E-state index contributed by atoms with van der Waals surface area (Å²) < 4.78 is 0. The fraction of sp³-hybridized carbons (Fsp3) is 0.316. The Bertz CT molecular complexity index is 651. The summed E-state index contributed by atoms with van der Waals surface area (Å²) in [5.41, 5.74) is 5.29. The van der Waals surface area contributed by atoms with Gasteiger partial charge in [-0.1, -0.05) is 48.5 Å². The van der Waals surface area contributed by atoms with Crippen LogP contribution in [0, 0.1) is 0 Å². The highest BCUT2D eigenvalue weighted by Crippen LogP contribution is 2.22. The first-order chi connectivity index (χ1) is 10.8. The van der Waals surface area contributed by atoms with Crippen molar-refractivity contribution in [3.05, 3.63) is 70.8 Å². The van der Waals surface area contributed by atoms with Crippen LogP contribution >= 0.6 is 0 Å². The summed E-state index contributed by atoms with van der Waals surface area (Å²) in [7, 11) is 0. The molecule has 2 aliphatic heterocycles. The van der Waals surface area contributed by atoms with Crippen LogP contribution in [0.15, 0.2) is 48.5 Å². The highest BCUT2D eigenvalue weighted by Gasteiger charge is 2.29. The Morgan fingerprint density at radius 3 is 2.45 bits per heavy atom. The van der Waals surface area contributed by atoms with Crippen molar-refractivity contribution in [3.8, 4) is 0 Å². The van der Waals surface area contributed by atoms with Gasteiger partial charge in [0, 0.05) is 19.6 Å². The second-order valence-electron chi connectivity index (χ2n) is 6.18. The molecule has 4 rings (SSSR count). The zero-order valence-electron chi connectivity index (χ0n) is 12.6. The summed E-state index contributed by atoms with van der Waals surface area (Å²) in [5, 5.41) is 3.41. The van der Waals surface area contributed by atoms with Crippen molar-refractivity contribution in [3.63, 3.8) is 0 Å². The zero-order chi connectivity index (χ0) is 14.9. The maximum atomic E-state index is 12.8. The molecule has 0 spiro atoms. The second-order valence-corrected chi connectivity index (χ2v) is 6.18. The molecule has 3 nitrogen and oxygen atoms in total. The molecule has 0 saturated carbocycles. The fourth-order valence-electron chi connectivity index (χ4n) is 3.53. The topological polar surface area (TPSA) is 32.3 Å². The van der Waals surface area contributed by atoms with Crippen molar-refractivity contribution >= 4 is 5.91 Å². The molecule has 1 amide bonds. The maximum absolute atomic E-state index is 12.8. The predicted molar refractivity (Wildman–Crippen MR) is 86.3 cm³/mol. The van der Waals surface area contributed by atoms with Crippen LogP contribution < -0.4 is 5.32 Å². The van der Waals surface area contributed by atoms with E-state index in [1.165, 1.54) is 22.3 Å². The number of carbonyl (C=O) groups excluding carboxylic acids is 1. The molecule has 0 bridgehead atoms. The molecule has 2 aliphatic rings. The van der Waals surface area contributed by atoms with Crippen LogP contribution in [0.5, 0.6) is 0 Å². The lowest BCUT2D eigenvalue weighted by Crippen LogP contribution is -2.50. The van der Waals surface area contributed by atoms with E-state index in [-0.39, 0.29) is 11.9 Å². The summed E-state index contributed by atoms with van der Waals surface area (Å²) in [6.45, 7) is 2.36. The lowest BCUT2D eigenvalue weighted by molar-refractivity contribution is -0.134. The SMILES string of the molecule is O=C(C1Cc2ccccc2CN1)N1CCc2ccccc2C1. The molecule has 1 unspecified atom stereocenters. The van der Waals surface area contributed by atoms with Gasteiger partial charge in [-0.25, -0.2) is 0 Å². The van der Waals surface area contributed by atoms with Crippen molar-refractivity contribution in [2.45, 2.75) is 32.0 Å². The first-order valence-corrected chi connectivity index (χ1v) is 7.97. The number of benzene rings is 2. The van der Waals surface area contributed by atoms with E-state index < -0.39 is 0 Å². The Morgan fingerprint density at radius 2 is 1.64 bits per heavy atom. The summed E-state index contributed by atoms with van der Waals surface area (Å²) in [4.78, 5) is 14.8. The summed E-state index contributed by atoms with van der Waals surface area (Å²) in [5.74, 6) is 0.240. The quantitative estimate of drug-likeness (QED) is 0.874. The zero-order valence-corrected chi connectivity index (χ0v) is 12.6. The molecule has 0 aromatic heterocycles.